The van der Waals surface area contributed by atoms with Gasteiger partial charge in [-0.05, 0) is 49.6 Å². The van der Waals surface area contributed by atoms with Crippen molar-refractivity contribution in [3.05, 3.63) is 84.0 Å². The van der Waals surface area contributed by atoms with Crippen LogP contribution in [-0.2, 0) is 12.8 Å². The lowest BCUT2D eigenvalue weighted by molar-refractivity contribution is 0.617. The number of aromatic amines is 1. The largest absolute Gasteiger partial charge is 0.346 e. The van der Waals surface area contributed by atoms with Crippen molar-refractivity contribution in [2.24, 2.45) is 0 Å². The quantitative estimate of drug-likeness (QED) is 0.410. The van der Waals surface area contributed by atoms with Crippen LogP contribution in [0.5, 0.6) is 0 Å². The fraction of sp³-hybridized carbons (Fsp3) is 0.190. The second kappa shape index (κ2) is 9.08. The maximum atomic E-state index is 13.0. The summed E-state index contributed by atoms with van der Waals surface area (Å²) in [7, 11) is 0. The lowest BCUT2D eigenvalue weighted by Gasteiger charge is -2.13. The second-order valence-corrected chi connectivity index (χ2v) is 6.80. The number of nitrogens with zero attached hydrogens (tertiary/aromatic N) is 5. The highest BCUT2D eigenvalue weighted by Crippen LogP contribution is 2.18. The molecule has 0 spiro atoms. The molecule has 0 bridgehead atoms. The van der Waals surface area contributed by atoms with Crippen LogP contribution in [0.15, 0.2) is 61.2 Å². The van der Waals surface area contributed by atoms with E-state index in [-0.39, 0.29) is 11.9 Å². The molecule has 152 valence electrons. The van der Waals surface area contributed by atoms with Crippen molar-refractivity contribution in [1.29, 1.82) is 0 Å². The zero-order valence-corrected chi connectivity index (χ0v) is 16.4. The van der Waals surface area contributed by atoms with Crippen LogP contribution < -0.4 is 10.6 Å². The van der Waals surface area contributed by atoms with Gasteiger partial charge in [0.25, 0.3) is 0 Å². The number of aromatic nitrogens is 6. The molecular formula is C21H21FN8. The maximum absolute atomic E-state index is 13.0. The highest BCUT2D eigenvalue weighted by atomic mass is 19.1. The zero-order valence-electron chi connectivity index (χ0n) is 16.4. The van der Waals surface area contributed by atoms with Crippen molar-refractivity contribution in [2.75, 3.05) is 10.6 Å². The van der Waals surface area contributed by atoms with Gasteiger partial charge in [-0.2, -0.15) is 10.1 Å². The van der Waals surface area contributed by atoms with E-state index in [1.807, 2.05) is 25.3 Å². The number of rotatable bonds is 8. The highest BCUT2D eigenvalue weighted by molar-refractivity contribution is 5.53. The minimum absolute atomic E-state index is 0.176. The van der Waals surface area contributed by atoms with Gasteiger partial charge in [-0.1, -0.05) is 6.07 Å². The molecule has 30 heavy (non-hydrogen) atoms. The number of hydrogen-bond acceptors (Lipinski definition) is 7. The number of aryl methyl sites for hydroxylation is 2. The van der Waals surface area contributed by atoms with Gasteiger partial charge < -0.3 is 10.6 Å². The first kappa shape index (κ1) is 19.4. The molecule has 8 nitrogen and oxygen atoms in total. The molecule has 0 aliphatic rings. The molecule has 1 unspecified atom stereocenters. The second-order valence-electron chi connectivity index (χ2n) is 6.80. The highest BCUT2D eigenvalue weighted by Gasteiger charge is 2.10. The van der Waals surface area contributed by atoms with E-state index in [2.05, 4.69) is 46.8 Å². The minimum Gasteiger partial charge on any atom is -0.346 e. The Balaban J connectivity index is 1.36. The van der Waals surface area contributed by atoms with Crippen molar-refractivity contribution >= 4 is 17.6 Å². The van der Waals surface area contributed by atoms with Gasteiger partial charge in [-0.15, -0.1) is 0 Å². The van der Waals surface area contributed by atoms with Gasteiger partial charge in [-0.25, -0.2) is 9.37 Å². The Morgan fingerprint density at radius 1 is 1.03 bits per heavy atom. The summed E-state index contributed by atoms with van der Waals surface area (Å²) in [4.78, 5) is 16.9. The summed E-state index contributed by atoms with van der Waals surface area (Å²) >= 11 is 0. The van der Waals surface area contributed by atoms with E-state index >= 15 is 0 Å². The number of nitrogens with one attached hydrogen (secondary N) is 3. The van der Waals surface area contributed by atoms with E-state index in [1.165, 1.54) is 17.8 Å². The van der Waals surface area contributed by atoms with Gasteiger partial charge >= 0.3 is 0 Å². The van der Waals surface area contributed by atoms with E-state index in [0.29, 0.717) is 23.3 Å². The lowest BCUT2D eigenvalue weighted by atomic mass is 10.1. The number of hydrogen-bond donors (Lipinski definition) is 3. The summed E-state index contributed by atoms with van der Waals surface area (Å²) in [6, 6.07) is 10.5. The van der Waals surface area contributed by atoms with Gasteiger partial charge in [0.05, 0.1) is 17.9 Å². The SMILES string of the molecule is CC(Nc1nccc(Nc2cc(CCc3cccnc3)[nH]n2)n1)c1ccc(F)cn1. The lowest BCUT2D eigenvalue weighted by Crippen LogP contribution is -2.11. The van der Waals surface area contributed by atoms with Crippen molar-refractivity contribution in [2.45, 2.75) is 25.8 Å². The number of anilines is 3. The van der Waals surface area contributed by atoms with E-state index in [4.69, 9.17) is 0 Å². The average molecular weight is 404 g/mol. The van der Waals surface area contributed by atoms with Crippen LogP contribution in [0.3, 0.4) is 0 Å². The van der Waals surface area contributed by atoms with Crippen LogP contribution in [-0.4, -0.2) is 30.1 Å². The van der Waals surface area contributed by atoms with E-state index < -0.39 is 0 Å². The normalized spacial score (nSPS) is 11.8. The Labute approximate surface area is 173 Å². The van der Waals surface area contributed by atoms with E-state index in [1.54, 1.807) is 24.5 Å². The molecule has 4 rings (SSSR count). The number of H-pyrrole nitrogens is 1. The molecule has 1 atom stereocenters. The molecule has 0 aliphatic carbocycles. The zero-order chi connectivity index (χ0) is 20.8. The molecule has 0 fully saturated rings. The molecule has 4 heterocycles. The van der Waals surface area contributed by atoms with Crippen LogP contribution in [0.4, 0.5) is 22.0 Å². The predicted octanol–water partition coefficient (Wildman–Crippen LogP) is 3.83. The first-order valence-electron chi connectivity index (χ1n) is 9.57. The topological polar surface area (TPSA) is 104 Å². The summed E-state index contributed by atoms with van der Waals surface area (Å²) in [6.45, 7) is 1.91. The summed E-state index contributed by atoms with van der Waals surface area (Å²) in [5.41, 5.74) is 2.89. The van der Waals surface area contributed by atoms with Crippen molar-refractivity contribution < 1.29 is 4.39 Å². The van der Waals surface area contributed by atoms with Crippen LogP contribution in [0.1, 0.15) is 29.9 Å². The number of halogens is 1. The molecule has 4 aromatic rings. The standard InChI is InChI=1S/C21H21FN8/c1-14(18-7-5-16(22)13-25-18)26-21-24-10-8-19(28-21)27-20-11-17(29-30-20)6-4-15-3-2-9-23-12-15/h2-3,5,7-14H,4,6H2,1H3,(H3,24,26,27,28,29,30). The van der Waals surface area contributed by atoms with Crippen molar-refractivity contribution in [3.8, 4) is 0 Å². The summed E-state index contributed by atoms with van der Waals surface area (Å²) < 4.78 is 13.0. The van der Waals surface area contributed by atoms with Gasteiger partial charge in [0.1, 0.15) is 11.6 Å². The van der Waals surface area contributed by atoms with Crippen LogP contribution in [0.2, 0.25) is 0 Å². The molecule has 0 aromatic carbocycles. The third-order valence-electron chi connectivity index (χ3n) is 4.49. The van der Waals surface area contributed by atoms with Gasteiger partial charge in [0.2, 0.25) is 5.95 Å². The Morgan fingerprint density at radius 2 is 1.97 bits per heavy atom. The Kier molecular flexibility index (Phi) is 5.88. The Bertz CT molecular complexity index is 1080. The van der Waals surface area contributed by atoms with Crippen molar-refractivity contribution in [1.82, 2.24) is 30.1 Å². The number of pyridine rings is 2. The van der Waals surface area contributed by atoms with Crippen LogP contribution >= 0.6 is 0 Å². The molecule has 4 aromatic heterocycles. The van der Waals surface area contributed by atoms with E-state index in [0.717, 1.165) is 18.5 Å². The van der Waals surface area contributed by atoms with Crippen LogP contribution in [0.25, 0.3) is 0 Å². The van der Waals surface area contributed by atoms with Gasteiger partial charge in [0, 0.05) is 30.4 Å². The monoisotopic (exact) mass is 404 g/mol. The smallest absolute Gasteiger partial charge is 0.225 e. The Morgan fingerprint density at radius 3 is 2.77 bits per heavy atom. The van der Waals surface area contributed by atoms with Gasteiger partial charge in [0.15, 0.2) is 5.82 Å². The average Bonchev–Trinajstić information content (AvgIpc) is 3.21. The summed E-state index contributed by atoms with van der Waals surface area (Å²) in [6.07, 6.45) is 8.19. The molecule has 3 N–H and O–H groups in total. The molecule has 0 amide bonds. The molecule has 0 saturated carbocycles. The fourth-order valence-corrected chi connectivity index (χ4v) is 2.92. The first-order valence-corrected chi connectivity index (χ1v) is 9.57. The maximum Gasteiger partial charge on any atom is 0.225 e. The summed E-state index contributed by atoms with van der Waals surface area (Å²) in [5, 5.41) is 13.7. The molecule has 0 aliphatic heterocycles. The fourth-order valence-electron chi connectivity index (χ4n) is 2.92. The first-order chi connectivity index (χ1) is 14.7. The molecular weight excluding hydrogens is 383 g/mol. The summed E-state index contributed by atoms with van der Waals surface area (Å²) in [5.74, 6) is 1.35. The van der Waals surface area contributed by atoms with Crippen molar-refractivity contribution in [3.63, 3.8) is 0 Å². The van der Waals surface area contributed by atoms with Gasteiger partial charge in [-0.3, -0.25) is 15.1 Å². The molecule has 0 saturated heterocycles. The Hall–Kier alpha value is -3.88. The van der Waals surface area contributed by atoms with Crippen LogP contribution in [0, 0.1) is 5.82 Å². The molecule has 0 radical (unpaired) electrons. The minimum atomic E-state index is -0.368. The third kappa shape index (κ3) is 5.13. The predicted molar refractivity (Wildman–Crippen MR) is 112 cm³/mol. The van der Waals surface area contributed by atoms with E-state index in [9.17, 15) is 4.39 Å². The molecule has 9 heteroatoms. The third-order valence-corrected chi connectivity index (χ3v) is 4.49.